The zero-order valence-electron chi connectivity index (χ0n) is 4.33. The summed E-state index contributed by atoms with van der Waals surface area (Å²) in [6.07, 6.45) is 0.944. The Hall–Kier alpha value is 1.02. The number of hydrogen-bond acceptors (Lipinski definition) is 2. The summed E-state index contributed by atoms with van der Waals surface area (Å²) >= 11 is 0. The minimum atomic E-state index is 0. The Morgan fingerprint density at radius 1 is 0.875 bits per heavy atom. The third-order valence-corrected chi connectivity index (χ3v) is 0.408. The van der Waals surface area contributed by atoms with Crippen molar-refractivity contribution >= 4 is 0 Å². The van der Waals surface area contributed by atoms with Crippen LogP contribution in [0.5, 0.6) is 0 Å². The van der Waals surface area contributed by atoms with Gasteiger partial charge < -0.3 is 36.3 Å². The van der Waals surface area contributed by atoms with Crippen LogP contribution in [0.1, 0.15) is 6.42 Å². The van der Waals surface area contributed by atoms with Gasteiger partial charge in [0.1, 0.15) is 0 Å². The zero-order chi connectivity index (χ0) is 4.12. The van der Waals surface area contributed by atoms with Gasteiger partial charge in [0.2, 0.25) is 0 Å². The van der Waals surface area contributed by atoms with Crippen molar-refractivity contribution in [2.24, 2.45) is 11.5 Å². The normalized spacial score (nSPS) is 5.25. The van der Waals surface area contributed by atoms with Gasteiger partial charge in [-0.15, -0.1) is 0 Å². The van der Waals surface area contributed by atoms with Crippen molar-refractivity contribution < 1.29 is 41.9 Å². The molecule has 0 aromatic carbocycles. The van der Waals surface area contributed by atoms with Crippen LogP contribution < -0.4 is 36.3 Å². The van der Waals surface area contributed by atoms with Crippen LogP contribution in [0.4, 0.5) is 0 Å². The summed E-state index contributed by atoms with van der Waals surface area (Å²) in [6.45, 7) is 1.44. The van der Waals surface area contributed by atoms with Gasteiger partial charge in [-0.05, 0) is 19.5 Å². The molecule has 4 N–H and O–H groups in total. The largest absolute Gasteiger partial charge is 2.00 e. The molecule has 0 heterocycles. The molecule has 0 amide bonds. The van der Waals surface area contributed by atoms with Crippen molar-refractivity contribution in [2.45, 2.75) is 6.42 Å². The van der Waals surface area contributed by atoms with Crippen molar-refractivity contribution in [3.8, 4) is 0 Å². The van der Waals surface area contributed by atoms with Crippen LogP contribution in [-0.2, 0) is 17.1 Å². The molecule has 0 saturated carbocycles. The summed E-state index contributed by atoms with van der Waals surface area (Å²) in [4.78, 5) is 0. The van der Waals surface area contributed by atoms with Gasteiger partial charge >= 0.3 is 17.1 Å². The van der Waals surface area contributed by atoms with Crippen molar-refractivity contribution in [1.29, 1.82) is 0 Å². The maximum Gasteiger partial charge on any atom is 2.00 e. The van der Waals surface area contributed by atoms with E-state index in [2.05, 4.69) is 0 Å². The van der Waals surface area contributed by atoms with Gasteiger partial charge in [-0.1, -0.05) is 0 Å². The molecule has 0 rings (SSSR count). The van der Waals surface area contributed by atoms with E-state index in [1.807, 2.05) is 0 Å². The van der Waals surface area contributed by atoms with Gasteiger partial charge in [0.15, 0.2) is 0 Å². The molecule has 0 aliphatic heterocycles. The first-order valence-corrected chi connectivity index (χ1v) is 1.82. The molecule has 0 aliphatic carbocycles. The molecule has 5 heteroatoms. The third kappa shape index (κ3) is 27.9. The molecule has 0 saturated heterocycles. The monoisotopic (exact) mass is 207 g/mol. The van der Waals surface area contributed by atoms with Crippen molar-refractivity contribution in [3.05, 3.63) is 0 Å². The minimum absolute atomic E-state index is 0. The van der Waals surface area contributed by atoms with Crippen LogP contribution in [0, 0.1) is 0 Å². The summed E-state index contributed by atoms with van der Waals surface area (Å²) in [5.41, 5.74) is 10.1. The maximum absolute atomic E-state index is 5.06. The van der Waals surface area contributed by atoms with Crippen LogP contribution in [-0.4, -0.2) is 13.1 Å². The number of halogens is 2. The van der Waals surface area contributed by atoms with E-state index in [9.17, 15) is 0 Å². The van der Waals surface area contributed by atoms with Gasteiger partial charge in [-0.25, -0.2) is 0 Å². The van der Waals surface area contributed by atoms with Crippen molar-refractivity contribution in [2.75, 3.05) is 13.1 Å². The molecule has 0 unspecified atom stereocenters. The summed E-state index contributed by atoms with van der Waals surface area (Å²) in [5.74, 6) is 0. The summed E-state index contributed by atoms with van der Waals surface area (Å²) in [7, 11) is 0. The van der Waals surface area contributed by atoms with Crippen LogP contribution >= 0.6 is 0 Å². The topological polar surface area (TPSA) is 52.0 Å². The fourth-order valence-electron chi connectivity index (χ4n) is 0.118. The fourth-order valence-corrected chi connectivity index (χ4v) is 0.118. The molecule has 1 radical (unpaired) electrons. The van der Waals surface area contributed by atoms with Crippen LogP contribution in [0.2, 0.25) is 0 Å². The van der Waals surface area contributed by atoms with Gasteiger partial charge in [-0.2, -0.15) is 0 Å². The van der Waals surface area contributed by atoms with E-state index in [0.717, 1.165) is 19.5 Å². The smallest absolute Gasteiger partial charge is 1.00 e. The van der Waals surface area contributed by atoms with Gasteiger partial charge in [0.25, 0.3) is 0 Å². The third-order valence-electron chi connectivity index (χ3n) is 0.408. The molecule has 0 fully saturated rings. The Morgan fingerprint density at radius 3 is 1.12 bits per heavy atom. The average Bonchev–Trinajstić information content (AvgIpc) is 1.41. The molecule has 57 valence electrons. The van der Waals surface area contributed by atoms with E-state index in [1.54, 1.807) is 0 Å². The van der Waals surface area contributed by atoms with Crippen LogP contribution in [0.3, 0.4) is 0 Å². The minimum Gasteiger partial charge on any atom is -1.00 e. The van der Waals surface area contributed by atoms with E-state index < -0.39 is 0 Å². The summed E-state index contributed by atoms with van der Waals surface area (Å²) in [5, 5.41) is 0. The van der Waals surface area contributed by atoms with Crippen molar-refractivity contribution in [3.63, 3.8) is 0 Å². The van der Waals surface area contributed by atoms with Gasteiger partial charge in [-0.3, -0.25) is 0 Å². The summed E-state index contributed by atoms with van der Waals surface area (Å²) in [6, 6.07) is 0. The molecule has 0 aromatic rings. The fraction of sp³-hybridized carbons (Fsp3) is 1.00. The van der Waals surface area contributed by atoms with Crippen molar-refractivity contribution in [1.82, 2.24) is 0 Å². The number of nitrogens with two attached hydrogens (primary N) is 2. The SMILES string of the molecule is NCCCN.[Cl-].[Cl-].[Cu+2]. The second-order valence-electron chi connectivity index (χ2n) is 0.931. The Labute approximate surface area is 73.1 Å². The van der Waals surface area contributed by atoms with Crippen LogP contribution in [0.15, 0.2) is 0 Å². The molecule has 0 bridgehead atoms. The molecule has 0 spiro atoms. The second-order valence-corrected chi connectivity index (χ2v) is 0.931. The quantitative estimate of drug-likeness (QED) is 0.444. The van der Waals surface area contributed by atoms with Gasteiger partial charge in [0.05, 0.1) is 0 Å². The van der Waals surface area contributed by atoms with Crippen LogP contribution in [0.25, 0.3) is 0 Å². The predicted octanol–water partition coefficient (Wildman–Crippen LogP) is -6.70. The van der Waals surface area contributed by atoms with Gasteiger partial charge in [0, 0.05) is 0 Å². The molecule has 8 heavy (non-hydrogen) atoms. The van der Waals surface area contributed by atoms with E-state index in [1.165, 1.54) is 0 Å². The number of hydrogen-bond donors (Lipinski definition) is 2. The zero-order valence-corrected chi connectivity index (χ0v) is 6.79. The first-order chi connectivity index (χ1) is 2.41. The van der Waals surface area contributed by atoms with E-state index in [4.69, 9.17) is 11.5 Å². The Kier molecular flexibility index (Phi) is 70.4. The summed E-state index contributed by atoms with van der Waals surface area (Å²) < 4.78 is 0. The second kappa shape index (κ2) is 24.5. The molecule has 0 aliphatic rings. The number of rotatable bonds is 2. The standard InChI is InChI=1S/C3H10N2.2ClH.Cu/c4-2-1-3-5;;;/h1-5H2;2*1H;/q;;;+2/p-2. The first kappa shape index (κ1) is 23.0. The average molecular weight is 209 g/mol. The maximum atomic E-state index is 5.06. The Bertz CT molecular complexity index is 22.8. The molecule has 2 nitrogen and oxygen atoms in total. The van der Waals surface area contributed by atoms with E-state index in [0.29, 0.717) is 0 Å². The Balaban J connectivity index is -0.0000000267. The molecular weight excluding hydrogens is 198 g/mol. The predicted molar refractivity (Wildman–Crippen MR) is 22.7 cm³/mol. The van der Waals surface area contributed by atoms with E-state index >= 15 is 0 Å². The molecule has 0 aromatic heterocycles. The van der Waals surface area contributed by atoms with E-state index in [-0.39, 0.29) is 41.9 Å². The Morgan fingerprint density at radius 2 is 1.12 bits per heavy atom. The molecule has 0 atom stereocenters. The first-order valence-electron chi connectivity index (χ1n) is 1.82. The molecular formula is C3H10Cl2CuN2.